The van der Waals surface area contributed by atoms with Crippen LogP contribution in [0, 0.1) is 0 Å². The first-order valence-corrected chi connectivity index (χ1v) is 11.0. The van der Waals surface area contributed by atoms with Crippen LogP contribution in [0.5, 0.6) is 5.75 Å². The van der Waals surface area contributed by atoms with Gasteiger partial charge in [0.25, 0.3) is 0 Å². The molecule has 0 saturated carbocycles. The molecular weight excluding hydrogens is 376 g/mol. The number of amides is 1. The van der Waals surface area contributed by atoms with E-state index in [1.165, 1.54) is 12.1 Å². The van der Waals surface area contributed by atoms with Gasteiger partial charge in [-0.25, -0.2) is 0 Å². The highest BCUT2D eigenvalue weighted by molar-refractivity contribution is 5.76. The fourth-order valence-corrected chi connectivity index (χ4v) is 4.65. The molecule has 2 aromatic rings. The van der Waals surface area contributed by atoms with Crippen LogP contribution >= 0.6 is 0 Å². The number of carbonyl (C=O) groups is 1. The van der Waals surface area contributed by atoms with Gasteiger partial charge in [-0.3, -0.25) is 14.7 Å². The Hall–Kier alpha value is -2.60. The third-order valence-electron chi connectivity index (χ3n) is 6.36. The van der Waals surface area contributed by atoms with Gasteiger partial charge in [-0.1, -0.05) is 18.2 Å². The zero-order chi connectivity index (χ0) is 20.8. The van der Waals surface area contributed by atoms with Crippen LogP contribution in [0.25, 0.3) is 0 Å². The number of rotatable bonds is 6. The van der Waals surface area contributed by atoms with Crippen LogP contribution in [-0.2, 0) is 11.2 Å². The molecule has 2 saturated heterocycles. The molecule has 3 heterocycles. The van der Waals surface area contributed by atoms with Crippen LogP contribution in [-0.4, -0.2) is 73.1 Å². The lowest BCUT2D eigenvalue weighted by Gasteiger charge is -2.44. The highest BCUT2D eigenvalue weighted by atomic mass is 16.5. The first-order valence-electron chi connectivity index (χ1n) is 11.0. The van der Waals surface area contributed by atoms with E-state index in [1.807, 2.05) is 30.5 Å². The molecule has 2 aliphatic heterocycles. The van der Waals surface area contributed by atoms with Gasteiger partial charge in [-0.05, 0) is 43.0 Å². The number of piperidine rings is 1. The number of methoxy groups -OCH3 is 1. The van der Waals surface area contributed by atoms with Crippen molar-refractivity contribution in [3.8, 4) is 5.75 Å². The van der Waals surface area contributed by atoms with Crippen LogP contribution in [0.15, 0.2) is 48.8 Å². The zero-order valence-electron chi connectivity index (χ0n) is 17.9. The lowest BCUT2D eigenvalue weighted by atomic mass is 10.0. The first-order chi connectivity index (χ1) is 14.7. The van der Waals surface area contributed by atoms with Crippen LogP contribution in [0.4, 0.5) is 5.69 Å². The number of likely N-dealkylation sites (tertiary alicyclic amines) is 1. The number of anilines is 1. The maximum absolute atomic E-state index is 12.8. The van der Waals surface area contributed by atoms with Gasteiger partial charge in [-0.15, -0.1) is 0 Å². The Morgan fingerprint density at radius 3 is 2.70 bits per heavy atom. The van der Waals surface area contributed by atoms with Gasteiger partial charge in [0.05, 0.1) is 12.8 Å². The molecule has 0 aliphatic carbocycles. The van der Waals surface area contributed by atoms with Crippen molar-refractivity contribution in [3.63, 3.8) is 0 Å². The Bertz CT molecular complexity index is 821. The van der Waals surface area contributed by atoms with Crippen molar-refractivity contribution in [3.05, 3.63) is 54.4 Å². The standard InChI is InChI=1S/C24H32N4O2/c1-30-23-9-3-2-8-22(23)27-16-14-26(15-17-27)21-7-5-13-28(19-21)24(29)11-10-20-6-4-12-25-18-20/h2-4,6,8-9,12,18,21H,5,7,10-11,13-17,19H2,1H3. The summed E-state index contributed by atoms with van der Waals surface area (Å²) >= 11 is 0. The fourth-order valence-electron chi connectivity index (χ4n) is 4.65. The number of carbonyl (C=O) groups excluding carboxylic acids is 1. The Morgan fingerprint density at radius 2 is 1.93 bits per heavy atom. The minimum atomic E-state index is 0.274. The van der Waals surface area contributed by atoms with Gasteiger partial charge in [0.2, 0.25) is 5.91 Å². The van der Waals surface area contributed by atoms with Gasteiger partial charge in [0.15, 0.2) is 0 Å². The van der Waals surface area contributed by atoms with Crippen LogP contribution < -0.4 is 9.64 Å². The average Bonchev–Trinajstić information content (AvgIpc) is 2.83. The molecule has 6 heteroatoms. The van der Waals surface area contributed by atoms with Gasteiger partial charge < -0.3 is 14.5 Å². The Balaban J connectivity index is 1.28. The highest BCUT2D eigenvalue weighted by Gasteiger charge is 2.30. The van der Waals surface area contributed by atoms with Gasteiger partial charge >= 0.3 is 0 Å². The molecule has 4 rings (SSSR count). The minimum absolute atomic E-state index is 0.274. The van der Waals surface area contributed by atoms with E-state index in [2.05, 4.69) is 31.8 Å². The topological polar surface area (TPSA) is 48.9 Å². The maximum Gasteiger partial charge on any atom is 0.222 e. The van der Waals surface area contributed by atoms with Crippen molar-refractivity contribution < 1.29 is 9.53 Å². The summed E-state index contributed by atoms with van der Waals surface area (Å²) in [5.41, 5.74) is 2.31. The van der Waals surface area contributed by atoms with E-state index < -0.39 is 0 Å². The molecule has 1 unspecified atom stereocenters. The lowest BCUT2D eigenvalue weighted by Crippen LogP contribution is -2.56. The van der Waals surface area contributed by atoms with Crippen LogP contribution in [0.1, 0.15) is 24.8 Å². The summed E-state index contributed by atoms with van der Waals surface area (Å²) < 4.78 is 5.53. The summed E-state index contributed by atoms with van der Waals surface area (Å²) in [5.74, 6) is 1.21. The number of hydrogen-bond acceptors (Lipinski definition) is 5. The maximum atomic E-state index is 12.8. The van der Waals surface area contributed by atoms with E-state index in [9.17, 15) is 4.79 Å². The number of benzene rings is 1. The SMILES string of the molecule is COc1ccccc1N1CCN(C2CCCN(C(=O)CCc3cccnc3)C2)CC1. The third-order valence-corrected chi connectivity index (χ3v) is 6.36. The number of para-hydroxylation sites is 2. The average molecular weight is 409 g/mol. The largest absolute Gasteiger partial charge is 0.495 e. The second-order valence-electron chi connectivity index (χ2n) is 8.19. The molecule has 1 atom stereocenters. The molecule has 0 spiro atoms. The fraction of sp³-hybridized carbons (Fsp3) is 0.500. The molecule has 30 heavy (non-hydrogen) atoms. The number of ether oxygens (including phenoxy) is 1. The Kier molecular flexibility index (Phi) is 6.84. The summed E-state index contributed by atoms with van der Waals surface area (Å²) in [6.07, 6.45) is 7.24. The van der Waals surface area contributed by atoms with E-state index in [0.717, 1.165) is 63.4 Å². The van der Waals surface area contributed by atoms with Gasteiger partial charge in [0, 0.05) is 64.1 Å². The second-order valence-corrected chi connectivity index (χ2v) is 8.19. The smallest absolute Gasteiger partial charge is 0.222 e. The summed E-state index contributed by atoms with van der Waals surface area (Å²) in [7, 11) is 1.73. The predicted octanol–water partition coefficient (Wildman–Crippen LogP) is 2.84. The first kappa shape index (κ1) is 20.7. The summed E-state index contributed by atoms with van der Waals surface area (Å²) in [6, 6.07) is 12.7. The predicted molar refractivity (Wildman–Crippen MR) is 119 cm³/mol. The molecule has 1 aromatic heterocycles. The normalized spacial score (nSPS) is 20.2. The van der Waals surface area contributed by atoms with Gasteiger partial charge in [-0.2, -0.15) is 0 Å². The van der Waals surface area contributed by atoms with Crippen molar-refractivity contribution in [2.75, 3.05) is 51.3 Å². The molecule has 0 bridgehead atoms. The molecule has 0 radical (unpaired) electrons. The van der Waals surface area contributed by atoms with E-state index in [0.29, 0.717) is 12.5 Å². The molecule has 2 fully saturated rings. The Morgan fingerprint density at radius 1 is 1.10 bits per heavy atom. The van der Waals surface area contributed by atoms with Crippen molar-refractivity contribution >= 4 is 11.6 Å². The minimum Gasteiger partial charge on any atom is -0.495 e. The monoisotopic (exact) mass is 408 g/mol. The van der Waals surface area contributed by atoms with Crippen molar-refractivity contribution in [2.45, 2.75) is 31.7 Å². The lowest BCUT2D eigenvalue weighted by molar-refractivity contribution is -0.133. The number of aryl methyl sites for hydroxylation is 1. The van der Waals surface area contributed by atoms with Crippen molar-refractivity contribution in [1.82, 2.24) is 14.8 Å². The number of hydrogen-bond donors (Lipinski definition) is 0. The summed E-state index contributed by atoms with van der Waals surface area (Å²) in [4.78, 5) is 24.0. The van der Waals surface area contributed by atoms with Crippen molar-refractivity contribution in [2.24, 2.45) is 0 Å². The van der Waals surface area contributed by atoms with Crippen LogP contribution in [0.3, 0.4) is 0 Å². The van der Waals surface area contributed by atoms with E-state index in [-0.39, 0.29) is 5.91 Å². The van der Waals surface area contributed by atoms with Crippen LogP contribution in [0.2, 0.25) is 0 Å². The molecule has 1 aromatic carbocycles. The van der Waals surface area contributed by atoms with E-state index >= 15 is 0 Å². The number of nitrogens with zero attached hydrogens (tertiary/aromatic N) is 4. The molecule has 160 valence electrons. The van der Waals surface area contributed by atoms with E-state index in [4.69, 9.17) is 4.74 Å². The molecular formula is C24H32N4O2. The molecule has 0 N–H and O–H groups in total. The number of pyridine rings is 1. The number of aromatic nitrogens is 1. The summed E-state index contributed by atoms with van der Waals surface area (Å²) in [6.45, 7) is 5.79. The third kappa shape index (κ3) is 4.93. The molecule has 6 nitrogen and oxygen atoms in total. The second kappa shape index (κ2) is 9.94. The molecule has 2 aliphatic rings. The summed E-state index contributed by atoms with van der Waals surface area (Å²) in [5, 5.41) is 0. The van der Waals surface area contributed by atoms with Gasteiger partial charge in [0.1, 0.15) is 5.75 Å². The number of piperazine rings is 1. The molecule has 1 amide bonds. The van der Waals surface area contributed by atoms with E-state index in [1.54, 1.807) is 13.3 Å². The zero-order valence-corrected chi connectivity index (χ0v) is 17.9. The quantitative estimate of drug-likeness (QED) is 0.736. The van der Waals surface area contributed by atoms with Crippen molar-refractivity contribution in [1.29, 1.82) is 0 Å². The highest BCUT2D eigenvalue weighted by Crippen LogP contribution is 2.29. The Labute approximate surface area is 179 Å².